The van der Waals surface area contributed by atoms with Crippen molar-refractivity contribution >= 4 is 11.3 Å². The molecular formula is C11H6F3NO2S. The predicted molar refractivity (Wildman–Crippen MR) is 59.9 cm³/mol. The van der Waals surface area contributed by atoms with Gasteiger partial charge in [0.25, 0.3) is 10.8 Å². The second-order valence-corrected chi connectivity index (χ2v) is 4.12. The van der Waals surface area contributed by atoms with E-state index < -0.39 is 17.3 Å². The van der Waals surface area contributed by atoms with Gasteiger partial charge in [-0.3, -0.25) is 4.79 Å². The van der Waals surface area contributed by atoms with Crippen LogP contribution in [0.25, 0.3) is 0 Å². The van der Waals surface area contributed by atoms with Crippen LogP contribution in [0.15, 0.2) is 40.5 Å². The van der Waals surface area contributed by atoms with Crippen molar-refractivity contribution in [3.05, 3.63) is 51.6 Å². The third-order valence-electron chi connectivity index (χ3n) is 1.95. The first-order valence-corrected chi connectivity index (χ1v) is 5.64. The molecular weight excluding hydrogens is 267 g/mol. The molecule has 0 amide bonds. The number of hydrogen-bond acceptors (Lipinski definition) is 4. The third-order valence-corrected chi connectivity index (χ3v) is 2.60. The zero-order valence-corrected chi connectivity index (χ0v) is 9.59. The number of halogens is 3. The highest BCUT2D eigenvalue weighted by atomic mass is 32.1. The highest BCUT2D eigenvalue weighted by Gasteiger charge is 2.30. The lowest BCUT2D eigenvalue weighted by molar-refractivity contribution is -0.137. The Labute approximate surface area is 103 Å². The fourth-order valence-electron chi connectivity index (χ4n) is 1.19. The Kier molecular flexibility index (Phi) is 3.33. The summed E-state index contributed by atoms with van der Waals surface area (Å²) in [4.78, 5) is 14.5. The van der Waals surface area contributed by atoms with Gasteiger partial charge in [0.15, 0.2) is 0 Å². The maximum Gasteiger partial charge on any atom is 0.416 e. The molecule has 0 saturated heterocycles. The maximum absolute atomic E-state index is 12.5. The molecule has 0 radical (unpaired) electrons. The lowest BCUT2D eigenvalue weighted by Gasteiger charge is -2.08. The first-order valence-electron chi connectivity index (χ1n) is 4.76. The van der Waals surface area contributed by atoms with Crippen molar-refractivity contribution in [1.29, 1.82) is 0 Å². The van der Waals surface area contributed by atoms with Crippen molar-refractivity contribution in [2.24, 2.45) is 0 Å². The molecule has 94 valence electrons. The van der Waals surface area contributed by atoms with Gasteiger partial charge >= 0.3 is 6.18 Å². The van der Waals surface area contributed by atoms with Crippen LogP contribution in [0.4, 0.5) is 13.2 Å². The summed E-state index contributed by atoms with van der Waals surface area (Å²) in [5.41, 5.74) is -1.32. The van der Waals surface area contributed by atoms with Gasteiger partial charge in [-0.1, -0.05) is 17.4 Å². The maximum atomic E-state index is 12.5. The van der Waals surface area contributed by atoms with Crippen molar-refractivity contribution in [1.82, 2.24) is 4.98 Å². The SMILES string of the molecule is O=c1ccsc(Oc2cccc(C(F)(F)F)c2)n1. The molecule has 0 fully saturated rings. The van der Waals surface area contributed by atoms with Crippen LogP contribution in [0, 0.1) is 0 Å². The van der Waals surface area contributed by atoms with Gasteiger partial charge in [-0.05, 0) is 18.2 Å². The van der Waals surface area contributed by atoms with Crippen LogP contribution < -0.4 is 10.3 Å². The number of aromatic nitrogens is 1. The molecule has 1 aromatic carbocycles. The van der Waals surface area contributed by atoms with E-state index in [1.54, 1.807) is 0 Å². The summed E-state index contributed by atoms with van der Waals surface area (Å²) in [5, 5.41) is 1.46. The zero-order chi connectivity index (χ0) is 13.2. The number of ether oxygens (including phenoxy) is 1. The van der Waals surface area contributed by atoms with Gasteiger partial charge in [-0.25, -0.2) is 0 Å². The van der Waals surface area contributed by atoms with Gasteiger partial charge in [0.05, 0.1) is 5.56 Å². The largest absolute Gasteiger partial charge is 0.431 e. The average Bonchev–Trinajstić information content (AvgIpc) is 2.28. The molecule has 2 aromatic rings. The van der Waals surface area contributed by atoms with E-state index in [4.69, 9.17) is 4.74 Å². The standard InChI is InChI=1S/C11H6F3NO2S/c12-11(13,14)7-2-1-3-8(6-7)17-10-15-9(16)4-5-18-10/h1-6H. The van der Waals surface area contributed by atoms with Crippen LogP contribution in [0.1, 0.15) is 5.56 Å². The second-order valence-electron chi connectivity index (χ2n) is 3.26. The predicted octanol–water partition coefficient (Wildman–Crippen LogP) is 3.31. The Balaban J connectivity index is 2.27. The summed E-state index contributed by atoms with van der Waals surface area (Å²) in [7, 11) is 0. The molecule has 0 aliphatic carbocycles. The van der Waals surface area contributed by atoms with Gasteiger partial charge < -0.3 is 4.74 Å². The summed E-state index contributed by atoms with van der Waals surface area (Å²) in [5.74, 6) is -0.0147. The average molecular weight is 273 g/mol. The Hall–Kier alpha value is -1.89. The van der Waals surface area contributed by atoms with Crippen molar-refractivity contribution in [2.45, 2.75) is 6.18 Å². The van der Waals surface area contributed by atoms with Crippen LogP contribution >= 0.6 is 11.3 Å². The van der Waals surface area contributed by atoms with Crippen LogP contribution in [0.5, 0.6) is 10.9 Å². The molecule has 1 heterocycles. The van der Waals surface area contributed by atoms with Gasteiger partial charge in [-0.15, -0.1) is 0 Å². The number of nitrogens with zero attached hydrogens (tertiary/aromatic N) is 1. The third kappa shape index (κ3) is 3.07. The van der Waals surface area contributed by atoms with Gasteiger partial charge in [-0.2, -0.15) is 18.2 Å². The van der Waals surface area contributed by atoms with Crippen LogP contribution in [-0.4, -0.2) is 4.98 Å². The van der Waals surface area contributed by atoms with E-state index in [1.165, 1.54) is 23.6 Å². The van der Waals surface area contributed by atoms with Crippen molar-refractivity contribution in [3.8, 4) is 10.9 Å². The van der Waals surface area contributed by atoms with E-state index >= 15 is 0 Å². The number of rotatable bonds is 2. The molecule has 2 rings (SSSR count). The number of benzene rings is 1. The van der Waals surface area contributed by atoms with Crippen molar-refractivity contribution in [2.75, 3.05) is 0 Å². The summed E-state index contributed by atoms with van der Waals surface area (Å²) >= 11 is 1.02. The van der Waals surface area contributed by atoms with Gasteiger partial charge in [0.2, 0.25) is 0 Å². The Bertz CT molecular complexity index is 609. The smallest absolute Gasteiger partial charge is 0.416 e. The molecule has 0 aliphatic rings. The van der Waals surface area contributed by atoms with Crippen molar-refractivity contribution < 1.29 is 17.9 Å². The normalized spacial score (nSPS) is 11.3. The molecule has 0 bridgehead atoms. The minimum absolute atomic E-state index is 0.00169. The molecule has 0 atom stereocenters. The summed E-state index contributed by atoms with van der Waals surface area (Å²) in [6, 6.07) is 5.62. The van der Waals surface area contributed by atoms with E-state index in [1.807, 2.05) is 0 Å². The minimum atomic E-state index is -4.43. The van der Waals surface area contributed by atoms with Crippen LogP contribution in [0.3, 0.4) is 0 Å². The molecule has 0 unspecified atom stereocenters. The molecule has 3 nitrogen and oxygen atoms in total. The quantitative estimate of drug-likeness (QED) is 0.842. The molecule has 0 spiro atoms. The second kappa shape index (κ2) is 4.77. The number of alkyl halides is 3. The van der Waals surface area contributed by atoms with E-state index in [0.29, 0.717) is 0 Å². The zero-order valence-electron chi connectivity index (χ0n) is 8.77. The van der Waals surface area contributed by atoms with Crippen LogP contribution in [-0.2, 0) is 6.18 Å². The minimum Gasteiger partial charge on any atom is -0.431 e. The summed E-state index contributed by atoms with van der Waals surface area (Å²) < 4.78 is 42.5. The van der Waals surface area contributed by atoms with Gasteiger partial charge in [0.1, 0.15) is 5.75 Å². The van der Waals surface area contributed by atoms with E-state index in [2.05, 4.69) is 4.98 Å². The van der Waals surface area contributed by atoms with Gasteiger partial charge in [0, 0.05) is 11.4 Å². The fraction of sp³-hybridized carbons (Fsp3) is 0.0909. The number of hydrogen-bond donors (Lipinski definition) is 0. The molecule has 1 aromatic heterocycles. The highest BCUT2D eigenvalue weighted by Crippen LogP contribution is 2.32. The van der Waals surface area contributed by atoms with Crippen LogP contribution in [0.2, 0.25) is 0 Å². The summed E-state index contributed by atoms with van der Waals surface area (Å²) in [6.45, 7) is 0. The molecule has 0 saturated carbocycles. The van der Waals surface area contributed by atoms with E-state index in [9.17, 15) is 18.0 Å². The van der Waals surface area contributed by atoms with E-state index in [0.717, 1.165) is 23.5 Å². The molecule has 7 heteroatoms. The first kappa shape index (κ1) is 12.6. The Morgan fingerprint density at radius 3 is 2.67 bits per heavy atom. The monoisotopic (exact) mass is 273 g/mol. The van der Waals surface area contributed by atoms with E-state index in [-0.39, 0.29) is 10.9 Å². The lowest BCUT2D eigenvalue weighted by Crippen LogP contribution is -2.05. The molecule has 18 heavy (non-hydrogen) atoms. The Morgan fingerprint density at radius 2 is 2.00 bits per heavy atom. The fourth-order valence-corrected chi connectivity index (χ4v) is 1.78. The molecule has 0 aliphatic heterocycles. The topological polar surface area (TPSA) is 39.2 Å². The summed E-state index contributed by atoms with van der Waals surface area (Å²) in [6.07, 6.45) is -4.43. The Morgan fingerprint density at radius 1 is 1.22 bits per heavy atom. The molecule has 0 N–H and O–H groups in total. The lowest BCUT2D eigenvalue weighted by atomic mass is 10.2. The van der Waals surface area contributed by atoms with Crippen molar-refractivity contribution in [3.63, 3.8) is 0 Å². The highest BCUT2D eigenvalue weighted by molar-refractivity contribution is 7.11. The first-order chi connectivity index (χ1) is 8.45.